The van der Waals surface area contributed by atoms with E-state index in [9.17, 15) is 50.5 Å². The number of carbonyl (C=O) groups is 3. The lowest BCUT2D eigenvalue weighted by Crippen LogP contribution is -2.58. The van der Waals surface area contributed by atoms with Gasteiger partial charge >= 0.3 is 29.2 Å². The first kappa shape index (κ1) is 48.0. The number of carboxylic acids is 2. The van der Waals surface area contributed by atoms with Gasteiger partial charge in [-0.25, -0.2) is 19.0 Å². The number of rotatable bonds is 10. The third kappa shape index (κ3) is 13.4. The number of H-pyrrole nitrogens is 1. The number of ether oxygens (including phenoxy) is 1. The molecule has 330 valence electrons. The van der Waals surface area contributed by atoms with Crippen LogP contribution in [-0.2, 0) is 27.3 Å². The molecule has 1 spiro atoms. The maximum absolute atomic E-state index is 14.6. The van der Waals surface area contributed by atoms with Gasteiger partial charge in [0.05, 0.1) is 34.6 Å². The summed E-state index contributed by atoms with van der Waals surface area (Å²) in [6, 6.07) is 8.24. The average molecular weight is 898 g/mol. The molecule has 4 aromatic rings. The number of benzene rings is 2. The van der Waals surface area contributed by atoms with Crippen molar-refractivity contribution in [3.63, 3.8) is 0 Å². The number of aromatic nitrogens is 2. The van der Waals surface area contributed by atoms with Crippen molar-refractivity contribution in [2.75, 3.05) is 45.9 Å². The number of carboxylic acid groups (broad SMARTS) is 2. The highest BCUT2D eigenvalue weighted by molar-refractivity contribution is 7.16. The minimum Gasteiger partial charge on any atom is -0.506 e. The maximum atomic E-state index is 14.6. The van der Waals surface area contributed by atoms with Gasteiger partial charge in [-0.05, 0) is 55.1 Å². The number of aromatic amines is 1. The van der Waals surface area contributed by atoms with Crippen molar-refractivity contribution in [2.45, 2.75) is 69.6 Å². The molecule has 1 atom stereocenters. The number of carbonyl (C=O) groups excluding carboxylic acids is 1. The van der Waals surface area contributed by atoms with Crippen molar-refractivity contribution in [3.8, 4) is 5.75 Å². The van der Waals surface area contributed by atoms with Gasteiger partial charge in [0.15, 0.2) is 0 Å². The Morgan fingerprint density at radius 2 is 1.62 bits per heavy atom. The Kier molecular flexibility index (Phi) is 16.2. The van der Waals surface area contributed by atoms with Gasteiger partial charge in [0.2, 0.25) is 0 Å². The normalized spacial score (nSPS) is 16.2. The number of phenolic OH excluding ortho intramolecular Hbond substituents is 1. The molecule has 2 fully saturated rings. The lowest BCUT2D eigenvalue weighted by Gasteiger charge is -2.47. The van der Waals surface area contributed by atoms with Crippen LogP contribution in [0.15, 0.2) is 40.5 Å². The summed E-state index contributed by atoms with van der Waals surface area (Å²) in [6.45, 7) is 8.79. The molecule has 6 rings (SSSR count). The first-order chi connectivity index (χ1) is 28.0. The summed E-state index contributed by atoms with van der Waals surface area (Å²) in [5, 5.41) is 41.0. The van der Waals surface area contributed by atoms with Crippen molar-refractivity contribution in [2.24, 2.45) is 0 Å². The second-order valence-corrected chi connectivity index (χ2v) is 16.1. The highest BCUT2D eigenvalue weighted by atomic mass is 32.1. The van der Waals surface area contributed by atoms with E-state index in [1.807, 2.05) is 16.3 Å². The SMILES string of the molecule is CC(C)c1nc(C(=O)N2CCOC3(CCN(Cc4cc(F)cc(CCNC[C@H](O)c5ccc(O)c6[nH]c(=O)sc56)c4)CC3)C2)cs1.O=C(O)C(F)(F)F.O=C(O)C(F)(F)F. The zero-order chi connectivity index (χ0) is 44.6. The smallest absolute Gasteiger partial charge is 0.490 e. The lowest BCUT2D eigenvalue weighted by atomic mass is 9.89. The first-order valence-electron chi connectivity index (χ1n) is 18.2. The Labute approximate surface area is 345 Å². The van der Waals surface area contributed by atoms with Gasteiger partial charge in [0.25, 0.3) is 5.91 Å². The molecule has 0 bridgehead atoms. The van der Waals surface area contributed by atoms with E-state index in [1.54, 1.807) is 18.2 Å². The number of nitrogens with zero attached hydrogens (tertiary/aromatic N) is 3. The molecule has 0 saturated carbocycles. The lowest BCUT2D eigenvalue weighted by molar-refractivity contribution is -0.193. The van der Waals surface area contributed by atoms with Crippen LogP contribution in [0.1, 0.15) is 70.9 Å². The molecule has 2 aliphatic rings. The first-order valence-corrected chi connectivity index (χ1v) is 19.9. The summed E-state index contributed by atoms with van der Waals surface area (Å²) in [7, 11) is 0. The summed E-state index contributed by atoms with van der Waals surface area (Å²) < 4.78 is 84.9. The summed E-state index contributed by atoms with van der Waals surface area (Å²) >= 11 is 2.49. The number of piperidine rings is 1. The monoisotopic (exact) mass is 897 g/mol. The standard InChI is InChI=1S/C33H40FN5O5S2.2C2HF3O2/c1-20(2)30-36-25(18-45-30)31(42)39-11-12-44-33(19-39)6-9-38(10-7-33)17-22-13-21(14-23(34)15-22)5-8-35-16-27(41)24-3-4-26(40)28-29(24)46-32(43)37-28;2*3-2(4,5)1(6)7/h3-4,13-15,18,20,27,35,40-41H,5-12,16-17,19H2,1-2H3,(H,37,43);2*(H,6,7)/t27-;;/m0../s1. The maximum Gasteiger partial charge on any atom is 0.490 e. The van der Waals surface area contributed by atoms with E-state index in [-0.39, 0.29) is 34.5 Å². The number of alkyl halides is 6. The van der Waals surface area contributed by atoms with Crippen LogP contribution in [0.3, 0.4) is 0 Å². The van der Waals surface area contributed by atoms with Crippen LogP contribution in [-0.4, -0.2) is 122 Å². The van der Waals surface area contributed by atoms with Crippen LogP contribution < -0.4 is 10.2 Å². The van der Waals surface area contributed by atoms with E-state index >= 15 is 0 Å². The van der Waals surface area contributed by atoms with Gasteiger partial charge in [0.1, 0.15) is 22.8 Å². The van der Waals surface area contributed by atoms with Gasteiger partial charge < -0.3 is 40.4 Å². The fourth-order valence-corrected chi connectivity index (χ4v) is 8.07. The fraction of sp³-hybridized carbons (Fsp3) is 0.486. The molecule has 0 radical (unpaired) electrons. The van der Waals surface area contributed by atoms with Gasteiger partial charge in [-0.1, -0.05) is 37.3 Å². The minimum atomic E-state index is -5.08. The predicted octanol–water partition coefficient (Wildman–Crippen LogP) is 5.65. The third-order valence-corrected chi connectivity index (χ3v) is 11.4. The zero-order valence-corrected chi connectivity index (χ0v) is 33.7. The Morgan fingerprint density at radius 1 is 1.00 bits per heavy atom. The molecule has 1 amide bonds. The highest BCUT2D eigenvalue weighted by Crippen LogP contribution is 2.33. The molecule has 14 nitrogen and oxygen atoms in total. The Bertz CT molecular complexity index is 2140. The van der Waals surface area contributed by atoms with E-state index in [0.29, 0.717) is 66.6 Å². The molecule has 6 N–H and O–H groups in total. The molecule has 2 aromatic carbocycles. The number of hydrogen-bond donors (Lipinski definition) is 6. The number of fused-ring (bicyclic) bond motifs is 1. The van der Waals surface area contributed by atoms with Gasteiger partial charge in [0, 0.05) is 49.6 Å². The van der Waals surface area contributed by atoms with Crippen LogP contribution in [0, 0.1) is 5.82 Å². The predicted molar refractivity (Wildman–Crippen MR) is 205 cm³/mol. The van der Waals surface area contributed by atoms with E-state index < -0.39 is 30.4 Å². The Hall–Kier alpha value is -4.68. The van der Waals surface area contributed by atoms with Crippen LogP contribution >= 0.6 is 22.7 Å². The number of hydrogen-bond acceptors (Lipinski definition) is 12. The summed E-state index contributed by atoms with van der Waals surface area (Å²) in [6.07, 6.45) is -8.86. The second-order valence-electron chi connectivity index (χ2n) is 14.2. The summed E-state index contributed by atoms with van der Waals surface area (Å²) in [5.41, 5.74) is 2.83. The number of thiazole rings is 2. The van der Waals surface area contributed by atoms with Crippen LogP contribution in [0.4, 0.5) is 30.7 Å². The second kappa shape index (κ2) is 20.3. The summed E-state index contributed by atoms with van der Waals surface area (Å²) in [4.78, 5) is 53.9. The van der Waals surface area contributed by atoms with Crippen molar-refractivity contribution < 1.29 is 70.3 Å². The number of halogens is 7. The molecule has 2 aromatic heterocycles. The highest BCUT2D eigenvalue weighted by Gasteiger charge is 2.42. The molecular formula is C37H42F7N5O9S2. The number of nitrogens with one attached hydrogen (secondary N) is 2. The number of aliphatic carboxylic acids is 2. The van der Waals surface area contributed by atoms with Crippen LogP contribution in [0.2, 0.25) is 0 Å². The van der Waals surface area contributed by atoms with E-state index in [1.165, 1.54) is 17.4 Å². The molecule has 2 aliphatic heterocycles. The third-order valence-electron chi connectivity index (χ3n) is 9.32. The van der Waals surface area contributed by atoms with Crippen molar-refractivity contribution in [1.29, 1.82) is 0 Å². The van der Waals surface area contributed by atoms with Crippen molar-refractivity contribution in [1.82, 2.24) is 25.1 Å². The van der Waals surface area contributed by atoms with Gasteiger partial charge in [-0.2, -0.15) is 26.3 Å². The molecule has 60 heavy (non-hydrogen) atoms. The fourth-order valence-electron chi connectivity index (χ4n) is 6.35. The number of amides is 1. The quantitative estimate of drug-likeness (QED) is 0.0844. The van der Waals surface area contributed by atoms with Crippen LogP contribution in [0.25, 0.3) is 10.2 Å². The number of aliphatic hydroxyl groups excluding tert-OH is 1. The average Bonchev–Trinajstić information content (AvgIpc) is 3.82. The topological polar surface area (TPSA) is 206 Å². The number of aliphatic hydroxyl groups is 1. The minimum absolute atomic E-state index is 0.0267. The van der Waals surface area contributed by atoms with Crippen molar-refractivity contribution >= 4 is 50.7 Å². The van der Waals surface area contributed by atoms with Crippen LogP contribution in [0.5, 0.6) is 5.75 Å². The van der Waals surface area contributed by atoms with Gasteiger partial charge in [-0.15, -0.1) is 11.3 Å². The number of morpholine rings is 1. The molecule has 23 heteroatoms. The molecule has 2 saturated heterocycles. The largest absolute Gasteiger partial charge is 0.506 e. The molecular weight excluding hydrogens is 856 g/mol. The Morgan fingerprint density at radius 3 is 2.20 bits per heavy atom. The van der Waals surface area contributed by atoms with E-state index in [2.05, 4.69) is 34.0 Å². The van der Waals surface area contributed by atoms with E-state index in [0.717, 1.165) is 53.4 Å². The molecule has 4 heterocycles. The van der Waals surface area contributed by atoms with Gasteiger partial charge in [-0.3, -0.25) is 14.5 Å². The Balaban J connectivity index is 0.000000488. The molecule has 0 unspecified atom stereocenters. The molecule has 0 aliphatic carbocycles. The number of likely N-dealkylation sites (tertiary alicyclic amines) is 1. The number of aromatic hydroxyl groups is 1. The van der Waals surface area contributed by atoms with Crippen molar-refractivity contribution in [3.05, 3.63) is 78.6 Å². The van der Waals surface area contributed by atoms with E-state index in [4.69, 9.17) is 24.5 Å². The zero-order valence-electron chi connectivity index (χ0n) is 32.0. The number of phenols is 1. The summed E-state index contributed by atoms with van der Waals surface area (Å²) in [5.74, 6) is -5.55.